The zero-order chi connectivity index (χ0) is 27.5. The lowest BCUT2D eigenvalue weighted by atomic mass is 9.97. The minimum atomic E-state index is -2.92. The van der Waals surface area contributed by atoms with E-state index in [2.05, 4.69) is 15.9 Å². The van der Waals surface area contributed by atoms with Gasteiger partial charge in [-0.15, -0.1) is 0 Å². The summed E-state index contributed by atoms with van der Waals surface area (Å²) in [5.74, 6) is -2.86. The predicted molar refractivity (Wildman–Crippen MR) is 131 cm³/mol. The van der Waals surface area contributed by atoms with Crippen LogP contribution in [0.25, 0.3) is 0 Å². The molecule has 1 aliphatic heterocycles. The van der Waals surface area contributed by atoms with E-state index >= 15 is 0 Å². The second-order valence-corrected chi connectivity index (χ2v) is 10.7. The standard InChI is InChI=1S/C19H32N3O11PS2/c1-7-28-34(36,29-8-2)22-21-19(35)20-18-17(32-13(6)26)16(31-12(5)25)15(30-11(4)24)14(33-18)9-27-10(3)23/h14-18H,7-9H2,1-6H3,(H,22,36)(H2,20,21,35)/t14-,15-,16+,17-,18-/m1/s1. The summed E-state index contributed by atoms with van der Waals surface area (Å²) in [5, 5.41) is 5.41. The summed E-state index contributed by atoms with van der Waals surface area (Å²) in [5.41, 5.74) is 2.64. The number of thiocarbonyl (C=S) groups is 1. The number of nitrogens with one attached hydrogen (secondary N) is 3. The average Bonchev–Trinajstić information content (AvgIpc) is 2.74. The number of hydrogen-bond donors (Lipinski definition) is 3. The van der Waals surface area contributed by atoms with E-state index in [0.29, 0.717) is 0 Å². The van der Waals surface area contributed by atoms with Gasteiger partial charge < -0.3 is 38.0 Å². The summed E-state index contributed by atoms with van der Waals surface area (Å²) in [4.78, 5) is 46.9. The molecule has 1 rings (SSSR count). The van der Waals surface area contributed by atoms with E-state index in [1.165, 1.54) is 6.92 Å². The third kappa shape index (κ3) is 11.0. The Morgan fingerprint density at radius 1 is 0.833 bits per heavy atom. The first-order valence-electron chi connectivity index (χ1n) is 10.8. The molecule has 0 amide bonds. The van der Waals surface area contributed by atoms with Gasteiger partial charge in [-0.25, -0.2) is 0 Å². The second-order valence-electron chi connectivity index (χ2n) is 7.16. The van der Waals surface area contributed by atoms with Crippen molar-refractivity contribution >= 4 is 59.7 Å². The Kier molecular flexibility index (Phi) is 13.7. The van der Waals surface area contributed by atoms with Gasteiger partial charge in [0.05, 0.1) is 13.2 Å². The van der Waals surface area contributed by atoms with Gasteiger partial charge in [0, 0.05) is 27.7 Å². The van der Waals surface area contributed by atoms with Gasteiger partial charge in [0.2, 0.25) is 0 Å². The van der Waals surface area contributed by atoms with Gasteiger partial charge in [-0.2, -0.15) is 5.20 Å². The highest BCUT2D eigenvalue weighted by molar-refractivity contribution is 8.08. The van der Waals surface area contributed by atoms with Crippen LogP contribution in [-0.4, -0.2) is 79.5 Å². The Hall–Kier alpha value is -1.94. The predicted octanol–water partition coefficient (Wildman–Crippen LogP) is 0.336. The molecule has 0 bridgehead atoms. The molecule has 1 fully saturated rings. The SMILES string of the molecule is CCOP(=S)(NNC(=S)N[C@@H]1O[C@H](COC(C)=O)[C@@H](OC(C)=O)[C@H](OC(C)=O)[C@H]1OC(C)=O)OCC. The Morgan fingerprint density at radius 2 is 1.33 bits per heavy atom. The summed E-state index contributed by atoms with van der Waals surface area (Å²) in [6.07, 6.45) is -6.32. The maximum absolute atomic E-state index is 11.9. The van der Waals surface area contributed by atoms with Crippen molar-refractivity contribution < 1.29 is 51.9 Å². The van der Waals surface area contributed by atoms with Gasteiger partial charge in [0.1, 0.15) is 12.7 Å². The molecular weight excluding hydrogens is 541 g/mol. The van der Waals surface area contributed by atoms with Gasteiger partial charge in [-0.3, -0.25) is 24.6 Å². The summed E-state index contributed by atoms with van der Waals surface area (Å²) >= 11 is 10.6. The van der Waals surface area contributed by atoms with Crippen molar-refractivity contribution in [2.24, 2.45) is 0 Å². The fourth-order valence-electron chi connectivity index (χ4n) is 3.07. The van der Waals surface area contributed by atoms with Crippen LogP contribution in [-0.2, 0) is 63.7 Å². The van der Waals surface area contributed by atoms with E-state index in [0.717, 1.165) is 20.8 Å². The van der Waals surface area contributed by atoms with E-state index in [9.17, 15) is 19.2 Å². The minimum Gasteiger partial charge on any atom is -0.463 e. The molecule has 1 saturated heterocycles. The highest BCUT2D eigenvalue weighted by atomic mass is 32.5. The molecule has 36 heavy (non-hydrogen) atoms. The first kappa shape index (κ1) is 32.1. The van der Waals surface area contributed by atoms with Crippen LogP contribution in [0.1, 0.15) is 41.5 Å². The number of carbonyl (C=O) groups is 4. The average molecular weight is 574 g/mol. The van der Waals surface area contributed by atoms with E-state index in [1.54, 1.807) is 13.8 Å². The summed E-state index contributed by atoms with van der Waals surface area (Å²) in [6, 6.07) is 0. The third-order valence-corrected chi connectivity index (χ3v) is 6.88. The summed E-state index contributed by atoms with van der Waals surface area (Å²) < 4.78 is 37.9. The number of esters is 4. The lowest BCUT2D eigenvalue weighted by molar-refractivity contribution is -0.254. The van der Waals surface area contributed by atoms with Crippen molar-refractivity contribution in [2.75, 3.05) is 19.8 Å². The molecule has 3 N–H and O–H groups in total. The lowest BCUT2D eigenvalue weighted by Gasteiger charge is -2.44. The van der Waals surface area contributed by atoms with Crippen LogP contribution in [0.3, 0.4) is 0 Å². The van der Waals surface area contributed by atoms with Gasteiger partial charge in [-0.1, -0.05) is 0 Å². The van der Waals surface area contributed by atoms with Crippen molar-refractivity contribution in [3.63, 3.8) is 0 Å². The van der Waals surface area contributed by atoms with Crippen molar-refractivity contribution in [1.29, 1.82) is 0 Å². The van der Waals surface area contributed by atoms with E-state index in [4.69, 9.17) is 56.8 Å². The Labute approximate surface area is 219 Å². The molecular formula is C19H32N3O11PS2. The zero-order valence-corrected chi connectivity index (χ0v) is 23.3. The molecule has 0 aromatic rings. The van der Waals surface area contributed by atoms with Crippen molar-refractivity contribution in [1.82, 2.24) is 15.9 Å². The minimum absolute atomic E-state index is 0.0791. The fourth-order valence-corrected chi connectivity index (χ4v) is 5.22. The monoisotopic (exact) mass is 573 g/mol. The highest BCUT2D eigenvalue weighted by Crippen LogP contribution is 2.42. The summed E-state index contributed by atoms with van der Waals surface area (Å²) in [7, 11) is 0. The first-order chi connectivity index (χ1) is 16.8. The van der Waals surface area contributed by atoms with Gasteiger partial charge in [-0.05, 0) is 37.9 Å². The molecule has 0 aromatic heterocycles. The van der Waals surface area contributed by atoms with Gasteiger partial charge in [0.25, 0.3) is 6.64 Å². The molecule has 0 unspecified atom stereocenters. The van der Waals surface area contributed by atoms with Crippen molar-refractivity contribution in [3.05, 3.63) is 0 Å². The Bertz CT molecular complexity index is 852. The number of rotatable bonds is 12. The van der Waals surface area contributed by atoms with Crippen LogP contribution < -0.4 is 15.9 Å². The van der Waals surface area contributed by atoms with Crippen LogP contribution in [0.4, 0.5) is 0 Å². The zero-order valence-electron chi connectivity index (χ0n) is 20.8. The molecule has 17 heteroatoms. The van der Waals surface area contributed by atoms with Gasteiger partial charge in [0.15, 0.2) is 29.7 Å². The van der Waals surface area contributed by atoms with Crippen LogP contribution in [0, 0.1) is 0 Å². The third-order valence-electron chi connectivity index (χ3n) is 4.17. The van der Waals surface area contributed by atoms with Crippen LogP contribution in [0.15, 0.2) is 0 Å². The fraction of sp³-hybridized carbons (Fsp3) is 0.737. The molecule has 0 spiro atoms. The number of hydrogen-bond acceptors (Lipinski definition) is 13. The normalized spacial score (nSPS) is 23.7. The Morgan fingerprint density at radius 3 is 1.81 bits per heavy atom. The largest absolute Gasteiger partial charge is 0.463 e. The molecule has 14 nitrogen and oxygen atoms in total. The smallest absolute Gasteiger partial charge is 0.303 e. The molecule has 0 aromatic carbocycles. The maximum atomic E-state index is 11.9. The van der Waals surface area contributed by atoms with E-state index in [1.807, 2.05) is 0 Å². The molecule has 0 saturated carbocycles. The topological polar surface area (TPSA) is 169 Å². The highest BCUT2D eigenvalue weighted by Gasteiger charge is 2.52. The van der Waals surface area contributed by atoms with Crippen molar-refractivity contribution in [3.8, 4) is 0 Å². The quantitative estimate of drug-likeness (QED) is 0.0959. The second kappa shape index (κ2) is 15.3. The Balaban J connectivity index is 3.24. The van der Waals surface area contributed by atoms with E-state index < -0.39 is 61.2 Å². The molecule has 5 atom stereocenters. The van der Waals surface area contributed by atoms with Crippen LogP contribution in [0.5, 0.6) is 0 Å². The summed E-state index contributed by atoms with van der Waals surface area (Å²) in [6.45, 7) is 5.33. The number of hydrazine groups is 1. The number of carbonyl (C=O) groups excluding carboxylic acids is 4. The maximum Gasteiger partial charge on any atom is 0.303 e. The van der Waals surface area contributed by atoms with Crippen molar-refractivity contribution in [2.45, 2.75) is 72.2 Å². The molecule has 1 heterocycles. The molecule has 0 radical (unpaired) electrons. The molecule has 1 aliphatic rings. The first-order valence-corrected chi connectivity index (χ1v) is 13.9. The molecule has 206 valence electrons. The number of ether oxygens (including phenoxy) is 5. The van der Waals surface area contributed by atoms with Crippen LogP contribution in [0.2, 0.25) is 0 Å². The van der Waals surface area contributed by atoms with E-state index in [-0.39, 0.29) is 24.9 Å². The molecule has 0 aliphatic carbocycles. The van der Waals surface area contributed by atoms with Gasteiger partial charge >= 0.3 is 23.9 Å². The lowest BCUT2D eigenvalue weighted by Crippen LogP contribution is -2.67. The van der Waals surface area contributed by atoms with Crippen LogP contribution >= 0.6 is 18.9 Å².